The number of amides is 2. The van der Waals surface area contributed by atoms with E-state index in [1.54, 1.807) is 48.5 Å². The summed E-state index contributed by atoms with van der Waals surface area (Å²) in [5.41, 5.74) is 0.726. The second-order valence-corrected chi connectivity index (χ2v) is 5.65. The van der Waals surface area contributed by atoms with Crippen molar-refractivity contribution < 1.29 is 9.59 Å². The molecule has 0 N–H and O–H groups in total. The molecule has 22 heavy (non-hydrogen) atoms. The summed E-state index contributed by atoms with van der Waals surface area (Å²) in [5.74, 6) is -1.53. The summed E-state index contributed by atoms with van der Waals surface area (Å²) in [5, 5.41) is 0.676. The van der Waals surface area contributed by atoms with Crippen LogP contribution in [-0.4, -0.2) is 16.9 Å². The highest BCUT2D eigenvalue weighted by molar-refractivity contribution is 7.81. The maximum absolute atomic E-state index is 12.3. The molecule has 1 fully saturated rings. The van der Waals surface area contributed by atoms with Gasteiger partial charge in [0, 0.05) is 0 Å². The smallest absolute Gasteiger partial charge is 0.263 e. The minimum absolute atomic E-state index is 0.0243. The van der Waals surface area contributed by atoms with E-state index in [2.05, 4.69) is 0 Å². The molecule has 1 saturated heterocycles. The molecule has 0 radical (unpaired) electrons. The molecule has 0 unspecified atom stereocenters. The zero-order chi connectivity index (χ0) is 15.9. The largest absolute Gasteiger partial charge is 0.323 e. The van der Waals surface area contributed by atoms with Crippen LogP contribution in [-0.2, 0) is 9.59 Å². The molecule has 2 aromatic rings. The number of rotatable bonds is 2. The minimum atomic E-state index is -0.766. The third-order valence-corrected chi connectivity index (χ3v) is 4.16. The number of carbonyl (C=O) groups excluding carboxylic acids is 2. The third-order valence-electron chi connectivity index (χ3n) is 3.16. The molecule has 4 nitrogen and oxygen atoms in total. The van der Waals surface area contributed by atoms with Gasteiger partial charge in [-0.05, 0) is 36.5 Å². The van der Waals surface area contributed by atoms with Gasteiger partial charge < -0.3 is 0 Å². The fraction of sp³-hybridized carbons (Fsp3) is 0. The molecular weight excluding hydrogens is 343 g/mol. The van der Waals surface area contributed by atoms with Gasteiger partial charge in [-0.25, -0.2) is 9.80 Å². The highest BCUT2D eigenvalue weighted by atomic mass is 35.5. The number of nitrogens with zero attached hydrogens (tertiary/aromatic N) is 2. The van der Waals surface area contributed by atoms with E-state index in [0.29, 0.717) is 21.4 Å². The van der Waals surface area contributed by atoms with Gasteiger partial charge in [-0.15, -0.1) is 0 Å². The molecule has 1 aliphatic rings. The number of thiocarbonyl (C=S) groups is 1. The number of anilines is 2. The molecule has 0 spiro atoms. The Hall–Kier alpha value is -1.95. The predicted molar refractivity (Wildman–Crippen MR) is 90.5 cm³/mol. The van der Waals surface area contributed by atoms with E-state index < -0.39 is 11.8 Å². The van der Waals surface area contributed by atoms with Crippen LogP contribution in [0.4, 0.5) is 11.4 Å². The first-order valence-corrected chi connectivity index (χ1v) is 7.40. The topological polar surface area (TPSA) is 40.6 Å². The molecule has 0 bridgehead atoms. The zero-order valence-corrected chi connectivity index (χ0v) is 13.3. The summed E-state index contributed by atoms with van der Waals surface area (Å²) >= 11 is 17.5. The Kier molecular flexibility index (Phi) is 3.87. The Morgan fingerprint density at radius 3 is 1.45 bits per heavy atom. The first-order valence-electron chi connectivity index (χ1n) is 6.24. The molecule has 2 aromatic carbocycles. The van der Waals surface area contributed by atoms with Gasteiger partial charge in [0.05, 0.1) is 21.4 Å². The first-order chi connectivity index (χ1) is 10.5. The second kappa shape index (κ2) is 5.68. The Morgan fingerprint density at radius 1 is 0.727 bits per heavy atom. The van der Waals surface area contributed by atoms with E-state index in [0.717, 1.165) is 9.80 Å². The molecule has 0 aromatic heterocycles. The normalized spacial score (nSPS) is 14.9. The summed E-state index contributed by atoms with van der Waals surface area (Å²) < 4.78 is 0. The molecule has 7 heteroatoms. The van der Waals surface area contributed by atoms with Crippen LogP contribution in [0.1, 0.15) is 0 Å². The van der Waals surface area contributed by atoms with Gasteiger partial charge in [0.2, 0.25) is 0 Å². The van der Waals surface area contributed by atoms with Crippen molar-refractivity contribution in [1.82, 2.24) is 0 Å². The van der Waals surface area contributed by atoms with Crippen molar-refractivity contribution in [3.8, 4) is 0 Å². The van der Waals surface area contributed by atoms with Gasteiger partial charge in [-0.2, -0.15) is 0 Å². The second-order valence-electron chi connectivity index (χ2n) is 4.47. The fourth-order valence-corrected chi connectivity index (χ4v) is 2.96. The molecule has 1 heterocycles. The first kappa shape index (κ1) is 15.0. The average molecular weight is 351 g/mol. The number of hydrogen-bond donors (Lipinski definition) is 0. The molecule has 3 rings (SSSR count). The minimum Gasteiger partial charge on any atom is -0.263 e. The van der Waals surface area contributed by atoms with Crippen molar-refractivity contribution >= 4 is 63.7 Å². The molecule has 0 aliphatic carbocycles. The highest BCUT2D eigenvalue weighted by Crippen LogP contribution is 2.34. The van der Waals surface area contributed by atoms with Crippen LogP contribution in [0.25, 0.3) is 0 Å². The van der Waals surface area contributed by atoms with Gasteiger partial charge in [-0.3, -0.25) is 9.59 Å². The number of para-hydroxylation sites is 2. The Balaban J connectivity index is 2.09. The number of benzene rings is 2. The summed E-state index contributed by atoms with van der Waals surface area (Å²) in [4.78, 5) is 26.8. The average Bonchev–Trinajstić information content (AvgIpc) is 2.72. The van der Waals surface area contributed by atoms with Crippen LogP contribution in [0.3, 0.4) is 0 Å². The van der Waals surface area contributed by atoms with Crippen molar-refractivity contribution in [2.75, 3.05) is 9.80 Å². The van der Waals surface area contributed by atoms with Crippen molar-refractivity contribution in [2.24, 2.45) is 0 Å². The fourth-order valence-electron chi connectivity index (χ4n) is 2.16. The molecular formula is C15H8Cl2N2O2S. The lowest BCUT2D eigenvalue weighted by atomic mass is 10.3. The standard InChI is InChI=1S/C15H8Cl2N2O2S/c16-9-5-1-3-7-11(9)18-13(20)14(21)19(15(18)22)12-8-4-2-6-10(12)17/h1-8H. The lowest BCUT2D eigenvalue weighted by Gasteiger charge is -2.20. The maximum atomic E-state index is 12.3. The van der Waals surface area contributed by atoms with Crippen LogP contribution in [0.2, 0.25) is 10.0 Å². The van der Waals surface area contributed by atoms with Crippen LogP contribution >= 0.6 is 35.4 Å². The predicted octanol–water partition coefficient (Wildman–Crippen LogP) is 3.66. The Labute approximate surface area is 141 Å². The zero-order valence-electron chi connectivity index (χ0n) is 11.0. The molecule has 2 amide bonds. The number of carbonyl (C=O) groups is 2. The summed E-state index contributed by atoms with van der Waals surface area (Å²) in [6.45, 7) is 0. The molecule has 0 saturated carbocycles. The van der Waals surface area contributed by atoms with E-state index in [1.165, 1.54) is 0 Å². The lowest BCUT2D eigenvalue weighted by Crippen LogP contribution is -2.33. The number of hydrogen-bond acceptors (Lipinski definition) is 3. The van der Waals surface area contributed by atoms with Gasteiger partial charge in [0.25, 0.3) is 0 Å². The molecule has 1 aliphatic heterocycles. The van der Waals surface area contributed by atoms with Crippen LogP contribution in [0.5, 0.6) is 0 Å². The SMILES string of the molecule is O=C1C(=O)N(c2ccccc2Cl)C(=S)N1c1ccccc1Cl. The monoisotopic (exact) mass is 350 g/mol. The molecule has 0 atom stereocenters. The highest BCUT2D eigenvalue weighted by Gasteiger charge is 2.44. The Morgan fingerprint density at radius 2 is 1.09 bits per heavy atom. The van der Waals surface area contributed by atoms with E-state index in [4.69, 9.17) is 35.4 Å². The van der Waals surface area contributed by atoms with Gasteiger partial charge in [-0.1, -0.05) is 47.5 Å². The van der Waals surface area contributed by atoms with E-state index in [1.807, 2.05) is 0 Å². The van der Waals surface area contributed by atoms with E-state index in [9.17, 15) is 9.59 Å². The van der Waals surface area contributed by atoms with Gasteiger partial charge >= 0.3 is 11.8 Å². The van der Waals surface area contributed by atoms with Crippen molar-refractivity contribution in [3.05, 3.63) is 58.6 Å². The maximum Gasteiger partial charge on any atom is 0.323 e. The summed E-state index contributed by atoms with van der Waals surface area (Å²) in [7, 11) is 0. The van der Waals surface area contributed by atoms with Crippen molar-refractivity contribution in [1.29, 1.82) is 0 Å². The lowest BCUT2D eigenvalue weighted by molar-refractivity contribution is -0.133. The third kappa shape index (κ3) is 2.27. The van der Waals surface area contributed by atoms with Crippen LogP contribution in [0, 0.1) is 0 Å². The van der Waals surface area contributed by atoms with Crippen LogP contribution < -0.4 is 9.80 Å². The summed E-state index contributed by atoms with van der Waals surface area (Å²) in [6.07, 6.45) is 0. The summed E-state index contributed by atoms with van der Waals surface area (Å²) in [6, 6.07) is 13.3. The number of halogens is 2. The van der Waals surface area contributed by atoms with E-state index >= 15 is 0 Å². The van der Waals surface area contributed by atoms with E-state index in [-0.39, 0.29) is 5.11 Å². The van der Waals surface area contributed by atoms with Crippen molar-refractivity contribution in [3.63, 3.8) is 0 Å². The van der Waals surface area contributed by atoms with Gasteiger partial charge in [0.1, 0.15) is 0 Å². The van der Waals surface area contributed by atoms with Gasteiger partial charge in [0.15, 0.2) is 5.11 Å². The molecule has 110 valence electrons. The Bertz CT molecular complexity index is 744. The quantitative estimate of drug-likeness (QED) is 0.613. The van der Waals surface area contributed by atoms with Crippen molar-refractivity contribution in [2.45, 2.75) is 0 Å². The van der Waals surface area contributed by atoms with Crippen LogP contribution in [0.15, 0.2) is 48.5 Å².